The maximum Gasteiger partial charge on any atom is 0.310 e. The van der Waals surface area contributed by atoms with Crippen LogP contribution in [0.5, 0.6) is 0 Å². The molecule has 1 heterocycles. The summed E-state index contributed by atoms with van der Waals surface area (Å²) >= 11 is 0. The van der Waals surface area contributed by atoms with Crippen molar-refractivity contribution in [2.75, 3.05) is 46.1 Å². The Morgan fingerprint density at radius 3 is 3.00 bits per heavy atom. The molecule has 0 aliphatic carbocycles. The van der Waals surface area contributed by atoms with E-state index < -0.39 is 0 Å². The fourth-order valence-corrected chi connectivity index (χ4v) is 2.07. The zero-order valence-electron chi connectivity index (χ0n) is 10.6. The van der Waals surface area contributed by atoms with Gasteiger partial charge in [0.05, 0.1) is 32.3 Å². The van der Waals surface area contributed by atoms with Gasteiger partial charge in [-0.2, -0.15) is 0 Å². The number of nitrogens with zero attached hydrogens (tertiary/aromatic N) is 1. The number of aliphatic hydroxyl groups excluding tert-OH is 1. The van der Waals surface area contributed by atoms with Crippen LogP contribution < -0.4 is 0 Å². The van der Waals surface area contributed by atoms with E-state index in [4.69, 9.17) is 14.6 Å². The van der Waals surface area contributed by atoms with Gasteiger partial charge in [0.25, 0.3) is 0 Å². The van der Waals surface area contributed by atoms with Crippen LogP contribution in [0, 0.1) is 5.92 Å². The van der Waals surface area contributed by atoms with Crippen LogP contribution in [-0.2, 0) is 14.3 Å². The minimum absolute atomic E-state index is 0.0153. The molecule has 0 saturated carbocycles. The maximum absolute atomic E-state index is 11.6. The summed E-state index contributed by atoms with van der Waals surface area (Å²) < 4.78 is 10.3. The highest BCUT2D eigenvalue weighted by Gasteiger charge is 2.26. The number of aliphatic hydroxyl groups is 1. The van der Waals surface area contributed by atoms with Crippen LogP contribution in [0.15, 0.2) is 0 Å². The SMILES string of the molecule is CCOC(=O)C1CCCN(CCOCCO)C1. The quantitative estimate of drug-likeness (QED) is 0.515. The van der Waals surface area contributed by atoms with E-state index >= 15 is 0 Å². The Morgan fingerprint density at radius 1 is 1.47 bits per heavy atom. The van der Waals surface area contributed by atoms with Gasteiger partial charge in [-0.1, -0.05) is 0 Å². The van der Waals surface area contributed by atoms with E-state index in [0.29, 0.717) is 19.8 Å². The zero-order chi connectivity index (χ0) is 12.5. The van der Waals surface area contributed by atoms with E-state index in [1.807, 2.05) is 6.92 Å². The topological polar surface area (TPSA) is 59.0 Å². The van der Waals surface area contributed by atoms with Crippen molar-refractivity contribution in [2.24, 2.45) is 5.92 Å². The molecule has 0 aromatic carbocycles. The van der Waals surface area contributed by atoms with Crippen LogP contribution in [0.4, 0.5) is 0 Å². The Hall–Kier alpha value is -0.650. The van der Waals surface area contributed by atoms with E-state index in [-0.39, 0.29) is 18.5 Å². The number of hydrogen-bond donors (Lipinski definition) is 1. The van der Waals surface area contributed by atoms with Gasteiger partial charge in [-0.15, -0.1) is 0 Å². The number of rotatable bonds is 7. The van der Waals surface area contributed by atoms with Crippen LogP contribution in [0.3, 0.4) is 0 Å². The van der Waals surface area contributed by atoms with Crippen LogP contribution in [0.1, 0.15) is 19.8 Å². The van der Waals surface area contributed by atoms with E-state index in [1.54, 1.807) is 0 Å². The molecule has 1 saturated heterocycles. The normalized spacial score (nSPS) is 21.4. The van der Waals surface area contributed by atoms with Crippen molar-refractivity contribution in [3.05, 3.63) is 0 Å². The number of likely N-dealkylation sites (tertiary alicyclic amines) is 1. The second-order valence-corrected chi connectivity index (χ2v) is 4.23. The highest BCUT2D eigenvalue weighted by molar-refractivity contribution is 5.72. The van der Waals surface area contributed by atoms with Crippen LogP contribution in [0.25, 0.3) is 0 Å². The summed E-state index contributed by atoms with van der Waals surface area (Å²) in [5.41, 5.74) is 0. The lowest BCUT2D eigenvalue weighted by atomic mass is 9.98. The zero-order valence-corrected chi connectivity index (χ0v) is 10.6. The highest BCUT2D eigenvalue weighted by atomic mass is 16.5. The summed E-state index contributed by atoms with van der Waals surface area (Å²) in [5.74, 6) is -0.0602. The van der Waals surface area contributed by atoms with Crippen molar-refractivity contribution in [3.63, 3.8) is 0 Å². The summed E-state index contributed by atoms with van der Waals surface area (Å²) in [7, 11) is 0. The van der Waals surface area contributed by atoms with Crippen LogP contribution in [0.2, 0.25) is 0 Å². The number of piperidine rings is 1. The van der Waals surface area contributed by atoms with Crippen molar-refractivity contribution in [2.45, 2.75) is 19.8 Å². The molecule has 1 unspecified atom stereocenters. The smallest absolute Gasteiger partial charge is 0.310 e. The molecule has 100 valence electrons. The molecule has 5 nitrogen and oxygen atoms in total. The van der Waals surface area contributed by atoms with Gasteiger partial charge in [-0.05, 0) is 26.3 Å². The maximum atomic E-state index is 11.6. The predicted molar refractivity (Wildman–Crippen MR) is 63.7 cm³/mol. The fraction of sp³-hybridized carbons (Fsp3) is 0.917. The first-order valence-electron chi connectivity index (χ1n) is 6.35. The standard InChI is InChI=1S/C12H23NO4/c1-2-17-12(15)11-4-3-5-13(10-11)6-8-16-9-7-14/h11,14H,2-10H2,1H3. The second kappa shape index (κ2) is 8.44. The molecule has 1 aliphatic rings. The van der Waals surface area contributed by atoms with Gasteiger partial charge in [0.1, 0.15) is 0 Å². The molecule has 0 aromatic heterocycles. The van der Waals surface area contributed by atoms with Crippen molar-refractivity contribution >= 4 is 5.97 Å². The van der Waals surface area contributed by atoms with Gasteiger partial charge in [-0.3, -0.25) is 4.79 Å². The lowest BCUT2D eigenvalue weighted by Gasteiger charge is -2.31. The third-order valence-corrected chi connectivity index (χ3v) is 2.91. The van der Waals surface area contributed by atoms with Gasteiger partial charge in [-0.25, -0.2) is 0 Å². The number of ether oxygens (including phenoxy) is 2. The molecule has 1 rings (SSSR count). The molecular weight excluding hydrogens is 222 g/mol. The summed E-state index contributed by atoms with van der Waals surface area (Å²) in [6.45, 7) is 5.93. The van der Waals surface area contributed by atoms with E-state index in [0.717, 1.165) is 32.5 Å². The lowest BCUT2D eigenvalue weighted by molar-refractivity contribution is -0.150. The first-order valence-corrected chi connectivity index (χ1v) is 6.35. The van der Waals surface area contributed by atoms with Gasteiger partial charge < -0.3 is 19.5 Å². The van der Waals surface area contributed by atoms with Crippen molar-refractivity contribution in [1.82, 2.24) is 4.90 Å². The molecule has 5 heteroatoms. The molecule has 1 aliphatic heterocycles. The Balaban J connectivity index is 2.21. The molecule has 1 atom stereocenters. The molecule has 0 aromatic rings. The summed E-state index contributed by atoms with van der Waals surface area (Å²) in [6.07, 6.45) is 1.95. The average Bonchev–Trinajstić information content (AvgIpc) is 2.35. The van der Waals surface area contributed by atoms with E-state index in [2.05, 4.69) is 4.90 Å². The van der Waals surface area contributed by atoms with Crippen LogP contribution in [-0.4, -0.2) is 62.0 Å². The Labute approximate surface area is 103 Å². The summed E-state index contributed by atoms with van der Waals surface area (Å²) in [6, 6.07) is 0. The molecule has 17 heavy (non-hydrogen) atoms. The first kappa shape index (κ1) is 14.4. The van der Waals surface area contributed by atoms with E-state index in [9.17, 15) is 4.79 Å². The number of carbonyl (C=O) groups is 1. The molecule has 0 radical (unpaired) electrons. The summed E-state index contributed by atoms with van der Waals surface area (Å²) in [5, 5.41) is 8.58. The Bertz CT molecular complexity index is 223. The molecule has 1 N–H and O–H groups in total. The van der Waals surface area contributed by atoms with Crippen molar-refractivity contribution in [1.29, 1.82) is 0 Å². The number of esters is 1. The predicted octanol–water partition coefficient (Wildman–Crippen LogP) is 0.270. The minimum atomic E-state index is -0.0755. The van der Waals surface area contributed by atoms with Crippen molar-refractivity contribution < 1.29 is 19.4 Å². The first-order chi connectivity index (χ1) is 8.27. The molecular formula is C12H23NO4. The average molecular weight is 245 g/mol. The largest absolute Gasteiger partial charge is 0.466 e. The monoisotopic (exact) mass is 245 g/mol. The Kier molecular flexibility index (Phi) is 7.16. The number of carbonyl (C=O) groups excluding carboxylic acids is 1. The van der Waals surface area contributed by atoms with Gasteiger partial charge >= 0.3 is 5.97 Å². The molecule has 0 amide bonds. The highest BCUT2D eigenvalue weighted by Crippen LogP contribution is 2.17. The van der Waals surface area contributed by atoms with Gasteiger partial charge in [0.15, 0.2) is 0 Å². The fourth-order valence-electron chi connectivity index (χ4n) is 2.07. The van der Waals surface area contributed by atoms with Gasteiger partial charge in [0, 0.05) is 13.1 Å². The minimum Gasteiger partial charge on any atom is -0.466 e. The number of hydrogen-bond acceptors (Lipinski definition) is 5. The summed E-state index contributed by atoms with van der Waals surface area (Å²) in [4.78, 5) is 13.8. The lowest BCUT2D eigenvalue weighted by Crippen LogP contribution is -2.41. The molecule has 1 fully saturated rings. The van der Waals surface area contributed by atoms with E-state index in [1.165, 1.54) is 0 Å². The second-order valence-electron chi connectivity index (χ2n) is 4.23. The van der Waals surface area contributed by atoms with Gasteiger partial charge in [0.2, 0.25) is 0 Å². The third kappa shape index (κ3) is 5.48. The van der Waals surface area contributed by atoms with Crippen molar-refractivity contribution in [3.8, 4) is 0 Å². The third-order valence-electron chi connectivity index (χ3n) is 2.91. The molecule has 0 bridgehead atoms. The Morgan fingerprint density at radius 2 is 2.29 bits per heavy atom. The molecule has 0 spiro atoms. The van der Waals surface area contributed by atoms with Crippen LogP contribution >= 0.6 is 0 Å².